The molecule has 11 aromatic carbocycles. The first kappa shape index (κ1) is 45.5. The average Bonchev–Trinajstić information content (AvgIpc) is 3.64. The van der Waals surface area contributed by atoms with E-state index in [0.29, 0.717) is 11.6 Å². The fraction of sp³-hybridized carbons (Fsp3) is 0.0282. The summed E-state index contributed by atoms with van der Waals surface area (Å²) in [6.07, 6.45) is 0. The van der Waals surface area contributed by atoms with Crippen molar-refractivity contribution < 1.29 is 0 Å². The third-order valence-electron chi connectivity index (χ3n) is 16.2. The zero-order chi connectivity index (χ0) is 50.5. The minimum Gasteiger partial charge on any atom is -0.217 e. The van der Waals surface area contributed by atoms with Gasteiger partial charge < -0.3 is 0 Å². The first-order chi connectivity index (χ1) is 37.7. The van der Waals surface area contributed by atoms with Crippen molar-refractivity contribution in [1.29, 1.82) is 0 Å². The van der Waals surface area contributed by atoms with Gasteiger partial charge in [0.15, 0.2) is 19.7 Å². The predicted octanol–water partition coefficient (Wildman–Crippen LogP) is 10.6. The van der Waals surface area contributed by atoms with Crippen LogP contribution in [0.4, 0.5) is 0 Å². The minimum absolute atomic E-state index is 0.0127. The van der Waals surface area contributed by atoms with E-state index in [-0.39, 0.29) is 11.8 Å². The molecule has 3 aliphatic rings. The molecule has 0 amide bonds. The third kappa shape index (κ3) is 7.19. The van der Waals surface area contributed by atoms with Crippen LogP contribution in [0.25, 0.3) is 33.9 Å². The van der Waals surface area contributed by atoms with Gasteiger partial charge in [-0.25, -0.2) is 15.0 Å². The number of aromatic nitrogens is 3. The summed E-state index contributed by atoms with van der Waals surface area (Å²) in [5.74, 6) is 1.21. The second kappa shape index (κ2) is 19.0. The molecule has 76 heavy (non-hydrogen) atoms. The molecule has 3 nitrogen and oxygen atoms in total. The van der Waals surface area contributed by atoms with Gasteiger partial charge in [-0.1, -0.05) is 297 Å². The Morgan fingerprint density at radius 3 is 1.17 bits per heavy atom. The topological polar surface area (TPSA) is 38.7 Å². The second-order valence-electron chi connectivity index (χ2n) is 20.1. The lowest BCUT2D eigenvalue weighted by Gasteiger charge is -2.46. The van der Waals surface area contributed by atoms with E-state index in [1.807, 2.05) is 0 Å². The van der Waals surface area contributed by atoms with Crippen molar-refractivity contribution in [2.24, 2.45) is 0 Å². The Kier molecular flexibility index (Phi) is 11.4. The van der Waals surface area contributed by atoms with Gasteiger partial charge in [0.1, 0.15) is 5.45 Å². The summed E-state index contributed by atoms with van der Waals surface area (Å²) in [6.45, 7) is 0. The van der Waals surface area contributed by atoms with Gasteiger partial charge in [0.25, 0.3) is 0 Å². The Labute approximate surface area is 446 Å². The second-order valence-corrected chi connectivity index (χ2v) is 27.5. The summed E-state index contributed by atoms with van der Waals surface area (Å²) in [4.78, 5) is 17.3. The third-order valence-corrected chi connectivity index (χ3v) is 25.5. The molecule has 0 aliphatic heterocycles. The first-order valence-corrected chi connectivity index (χ1v) is 30.3. The molecule has 5 heteroatoms. The van der Waals surface area contributed by atoms with Gasteiger partial charge in [0.2, 0.25) is 8.07 Å². The van der Waals surface area contributed by atoms with Crippen LogP contribution in [0.5, 0.6) is 0 Å². The molecule has 2 unspecified atom stereocenters. The highest BCUT2D eigenvalue weighted by Gasteiger charge is 2.51. The van der Waals surface area contributed by atoms with Crippen LogP contribution in [-0.2, 0) is 0 Å². The van der Waals surface area contributed by atoms with Crippen molar-refractivity contribution in [3.05, 3.63) is 331 Å². The van der Waals surface area contributed by atoms with E-state index < -0.39 is 16.1 Å². The van der Waals surface area contributed by atoms with E-state index in [0.717, 1.165) is 16.6 Å². The molecule has 0 N–H and O–H groups in total. The molecule has 358 valence electrons. The number of hydrogen-bond donors (Lipinski definition) is 0. The zero-order valence-corrected chi connectivity index (χ0v) is 43.8. The summed E-state index contributed by atoms with van der Waals surface area (Å²) in [7, 11) is -6.38. The fourth-order valence-electron chi connectivity index (χ4n) is 13.1. The van der Waals surface area contributed by atoms with Crippen molar-refractivity contribution >= 4 is 57.9 Å². The number of nitrogens with zero attached hydrogens (tertiary/aromatic N) is 3. The predicted molar refractivity (Wildman–Crippen MR) is 318 cm³/mol. The van der Waals surface area contributed by atoms with E-state index >= 15 is 0 Å². The summed E-state index contributed by atoms with van der Waals surface area (Å²) < 4.78 is 0. The Hall–Kier alpha value is -9.14. The standard InChI is InChI=1S/C71H51N3Si2/c1-8-27-50(28-9-1)52-31-24-42-58(49-52)75(53-32-12-3-13-33-53,54-34-14-4-15-35-54)64-48-26-46-62-65-59-43-22-23-44-60(59)68(67(62)64)66-61(65)45-25-47-63(66)70-72-69(51-29-10-2-11-30-51)73-71(74-70)76(55-36-16-5-17-37-55,56-38-18-6-19-39-56)57-40-20-7-21-41-57/h1-49,65,68H. The van der Waals surface area contributed by atoms with E-state index in [2.05, 4.69) is 297 Å². The maximum Gasteiger partial charge on any atom is 0.226 e. The smallest absolute Gasteiger partial charge is 0.217 e. The van der Waals surface area contributed by atoms with Crippen LogP contribution in [0.15, 0.2) is 297 Å². The normalized spacial score (nSPS) is 14.3. The molecule has 0 spiro atoms. The molecular weight excluding hydrogens is 951 g/mol. The van der Waals surface area contributed by atoms with Crippen molar-refractivity contribution in [2.75, 3.05) is 0 Å². The molecule has 0 fully saturated rings. The summed E-state index contributed by atoms with van der Waals surface area (Å²) >= 11 is 0. The minimum atomic E-state index is -3.23. The number of hydrogen-bond acceptors (Lipinski definition) is 3. The Bertz CT molecular complexity index is 3910. The van der Waals surface area contributed by atoms with Gasteiger partial charge in [0, 0.05) is 23.0 Å². The molecule has 0 saturated heterocycles. The molecule has 12 aromatic rings. The molecule has 2 atom stereocenters. The van der Waals surface area contributed by atoms with Crippen LogP contribution in [-0.4, -0.2) is 31.1 Å². The molecule has 1 heterocycles. The van der Waals surface area contributed by atoms with Crippen LogP contribution < -0.4 is 41.8 Å². The molecule has 3 aliphatic carbocycles. The molecular formula is C71H51N3Si2. The zero-order valence-electron chi connectivity index (χ0n) is 41.8. The van der Waals surface area contributed by atoms with Crippen molar-refractivity contribution in [3.63, 3.8) is 0 Å². The molecule has 0 radical (unpaired) electrons. The molecule has 2 bridgehead atoms. The van der Waals surface area contributed by atoms with Gasteiger partial charge >= 0.3 is 0 Å². The van der Waals surface area contributed by atoms with Crippen LogP contribution >= 0.6 is 0 Å². The number of benzene rings is 11. The van der Waals surface area contributed by atoms with Crippen molar-refractivity contribution in [1.82, 2.24) is 15.0 Å². The molecule has 1 aromatic heterocycles. The quantitative estimate of drug-likeness (QED) is 0.0957. The van der Waals surface area contributed by atoms with Crippen LogP contribution in [0, 0.1) is 0 Å². The molecule has 0 saturated carbocycles. The summed E-state index contributed by atoms with van der Waals surface area (Å²) in [5, 5.41) is 9.09. The highest BCUT2D eigenvalue weighted by Crippen LogP contribution is 2.57. The average molecular weight is 1000 g/mol. The van der Waals surface area contributed by atoms with E-state index in [1.54, 1.807) is 0 Å². The van der Waals surface area contributed by atoms with Gasteiger partial charge in [-0.15, -0.1) is 0 Å². The van der Waals surface area contributed by atoms with Crippen LogP contribution in [0.2, 0.25) is 0 Å². The van der Waals surface area contributed by atoms with Gasteiger partial charge in [-0.05, 0) is 80.8 Å². The summed E-state index contributed by atoms with van der Waals surface area (Å²) in [6, 6.07) is 110. The lowest BCUT2D eigenvalue weighted by atomic mass is 9.60. The van der Waals surface area contributed by atoms with Gasteiger partial charge in [-0.2, -0.15) is 0 Å². The Morgan fingerprint density at radius 2 is 0.632 bits per heavy atom. The maximum absolute atomic E-state index is 5.94. The fourth-order valence-corrected chi connectivity index (χ4v) is 22.5. The Balaban J connectivity index is 1.08. The van der Waals surface area contributed by atoms with E-state index in [1.165, 1.54) is 80.8 Å². The lowest BCUT2D eigenvalue weighted by molar-refractivity contribution is 0.759. The molecule has 15 rings (SSSR count). The SMILES string of the molecule is c1ccc(-c2cccc([Si](c3ccccc3)(c3ccccc3)c3cccc4c3C3c5ccccc5C4c4cccc(-c5nc(-c6ccccc6)nc([Si](c6ccccc6)(c6ccccc6)c6ccccc6)n5)c43)c2)cc1. The first-order valence-electron chi connectivity index (χ1n) is 26.3. The monoisotopic (exact) mass is 1000 g/mol. The van der Waals surface area contributed by atoms with Gasteiger partial charge in [-0.3, -0.25) is 0 Å². The lowest BCUT2D eigenvalue weighted by Crippen LogP contribution is -2.76. The van der Waals surface area contributed by atoms with Crippen molar-refractivity contribution in [3.8, 4) is 33.9 Å². The van der Waals surface area contributed by atoms with E-state index in [4.69, 9.17) is 15.0 Å². The number of rotatable bonds is 11. The largest absolute Gasteiger partial charge is 0.226 e. The maximum atomic E-state index is 5.94. The van der Waals surface area contributed by atoms with Gasteiger partial charge in [0.05, 0.1) is 0 Å². The van der Waals surface area contributed by atoms with Crippen molar-refractivity contribution in [2.45, 2.75) is 11.8 Å². The highest BCUT2D eigenvalue weighted by atomic mass is 28.3. The van der Waals surface area contributed by atoms with Crippen LogP contribution in [0.3, 0.4) is 0 Å². The summed E-state index contributed by atoms with van der Waals surface area (Å²) in [5.41, 5.74) is 13.3. The highest BCUT2D eigenvalue weighted by molar-refractivity contribution is 7.20. The Morgan fingerprint density at radius 1 is 0.250 bits per heavy atom. The van der Waals surface area contributed by atoms with Crippen LogP contribution in [0.1, 0.15) is 45.2 Å². The van der Waals surface area contributed by atoms with E-state index in [9.17, 15) is 0 Å².